The zero-order valence-corrected chi connectivity index (χ0v) is 14.3. The first-order valence-corrected chi connectivity index (χ1v) is 8.97. The average molecular weight is 373 g/mol. The van der Waals surface area contributed by atoms with Crippen molar-refractivity contribution in [3.63, 3.8) is 0 Å². The van der Waals surface area contributed by atoms with Gasteiger partial charge in [-0.25, -0.2) is 9.37 Å². The second kappa shape index (κ2) is 7.80. The van der Waals surface area contributed by atoms with Crippen LogP contribution in [0.15, 0.2) is 29.6 Å². The van der Waals surface area contributed by atoms with Gasteiger partial charge in [-0.2, -0.15) is 13.2 Å². The highest BCUT2D eigenvalue weighted by Gasteiger charge is 2.34. The fraction of sp³-hybridized carbons (Fsp3) is 0.471. The first-order valence-electron chi connectivity index (χ1n) is 8.09. The zero-order valence-electron chi connectivity index (χ0n) is 13.5. The molecule has 1 N–H and O–H groups in total. The van der Waals surface area contributed by atoms with Crippen LogP contribution in [0.25, 0.3) is 10.6 Å². The lowest BCUT2D eigenvalue weighted by molar-refractivity contribution is -0.143. The number of aromatic nitrogens is 1. The Balaban J connectivity index is 1.43. The number of likely N-dealkylation sites (tertiary alicyclic amines) is 1. The van der Waals surface area contributed by atoms with Crippen molar-refractivity contribution in [1.82, 2.24) is 15.2 Å². The van der Waals surface area contributed by atoms with Crippen LogP contribution in [0, 0.1) is 11.7 Å². The summed E-state index contributed by atoms with van der Waals surface area (Å²) in [7, 11) is 0. The zero-order chi connectivity index (χ0) is 17.9. The van der Waals surface area contributed by atoms with Gasteiger partial charge in [-0.05, 0) is 49.7 Å². The maximum atomic E-state index is 12.9. The number of halogens is 4. The summed E-state index contributed by atoms with van der Waals surface area (Å²) >= 11 is 1.49. The smallest absolute Gasteiger partial charge is 0.311 e. The third kappa shape index (κ3) is 5.49. The summed E-state index contributed by atoms with van der Waals surface area (Å²) in [4.78, 5) is 5.97. The Bertz CT molecular complexity index is 684. The Labute approximate surface area is 147 Å². The molecule has 8 heteroatoms. The summed E-state index contributed by atoms with van der Waals surface area (Å²) < 4.78 is 50.1. The van der Waals surface area contributed by atoms with Crippen LogP contribution in [0.2, 0.25) is 0 Å². The maximum absolute atomic E-state index is 12.9. The predicted molar refractivity (Wildman–Crippen MR) is 89.8 cm³/mol. The highest BCUT2D eigenvalue weighted by atomic mass is 32.1. The molecule has 0 bridgehead atoms. The minimum absolute atomic E-state index is 0.234. The number of hydrogen-bond donors (Lipinski definition) is 1. The molecule has 1 aliphatic rings. The number of thiazole rings is 1. The third-order valence-corrected chi connectivity index (χ3v) is 5.10. The van der Waals surface area contributed by atoms with Crippen LogP contribution >= 0.6 is 11.3 Å². The Hall–Kier alpha value is -1.51. The van der Waals surface area contributed by atoms with E-state index < -0.39 is 12.7 Å². The van der Waals surface area contributed by atoms with Crippen LogP contribution < -0.4 is 5.32 Å². The minimum atomic E-state index is -4.13. The van der Waals surface area contributed by atoms with Gasteiger partial charge in [0.2, 0.25) is 0 Å². The highest BCUT2D eigenvalue weighted by Crippen LogP contribution is 2.24. The molecule has 1 unspecified atom stereocenters. The van der Waals surface area contributed by atoms with E-state index >= 15 is 0 Å². The van der Waals surface area contributed by atoms with Crippen molar-refractivity contribution in [3.05, 3.63) is 41.2 Å². The molecule has 1 saturated heterocycles. The van der Waals surface area contributed by atoms with E-state index in [4.69, 9.17) is 0 Å². The average Bonchev–Trinajstić information content (AvgIpc) is 3.16. The molecule has 1 fully saturated rings. The molecule has 2 aromatic rings. The van der Waals surface area contributed by atoms with Crippen molar-refractivity contribution >= 4 is 11.3 Å². The second-order valence-corrected chi connectivity index (χ2v) is 7.14. The molecule has 0 saturated carbocycles. The van der Waals surface area contributed by atoms with Crippen LogP contribution in [0.3, 0.4) is 0 Å². The standard InChI is InChI=1S/C17H19F4N3S/c18-14-3-1-13(2-4-14)16-23-15(10-25-16)8-22-7-12-5-6-24(9-12)11-17(19,20)21/h1-4,10,12,22H,5-9,11H2. The molecule has 1 aliphatic heterocycles. The SMILES string of the molecule is Fc1ccc(-c2nc(CNCC3CCN(CC(F)(F)F)C3)cs2)cc1. The first kappa shape index (κ1) is 18.3. The number of nitrogens with one attached hydrogen (secondary N) is 1. The van der Waals surface area contributed by atoms with E-state index in [2.05, 4.69) is 10.3 Å². The van der Waals surface area contributed by atoms with E-state index in [0.717, 1.165) is 22.7 Å². The Morgan fingerprint density at radius 2 is 2.00 bits per heavy atom. The third-order valence-electron chi connectivity index (χ3n) is 4.15. The molecular formula is C17H19F4N3S. The molecule has 3 rings (SSSR count). The van der Waals surface area contributed by atoms with Crippen LogP contribution in [0.5, 0.6) is 0 Å². The largest absolute Gasteiger partial charge is 0.401 e. The predicted octanol–water partition coefficient (Wildman–Crippen LogP) is 3.92. The molecule has 136 valence electrons. The molecule has 1 aromatic carbocycles. The molecular weight excluding hydrogens is 354 g/mol. The molecule has 2 heterocycles. The van der Waals surface area contributed by atoms with Crippen molar-refractivity contribution in [2.45, 2.75) is 19.1 Å². The molecule has 0 spiro atoms. The maximum Gasteiger partial charge on any atom is 0.401 e. The van der Waals surface area contributed by atoms with Gasteiger partial charge in [0.25, 0.3) is 0 Å². The van der Waals surface area contributed by atoms with E-state index in [1.165, 1.54) is 28.4 Å². The van der Waals surface area contributed by atoms with E-state index in [-0.39, 0.29) is 11.7 Å². The topological polar surface area (TPSA) is 28.2 Å². The van der Waals surface area contributed by atoms with E-state index in [0.29, 0.717) is 26.2 Å². The molecule has 0 aliphatic carbocycles. The van der Waals surface area contributed by atoms with Crippen molar-refractivity contribution in [1.29, 1.82) is 0 Å². The summed E-state index contributed by atoms with van der Waals surface area (Å²) in [6.45, 7) is 1.41. The van der Waals surface area contributed by atoms with Gasteiger partial charge in [0.15, 0.2) is 0 Å². The lowest BCUT2D eigenvalue weighted by Gasteiger charge is -2.17. The number of nitrogens with zero attached hydrogens (tertiary/aromatic N) is 2. The number of alkyl halides is 3. The van der Waals surface area contributed by atoms with Crippen molar-refractivity contribution in [2.75, 3.05) is 26.2 Å². The number of benzene rings is 1. The normalized spacial score (nSPS) is 18.8. The van der Waals surface area contributed by atoms with Crippen LogP contribution in [-0.2, 0) is 6.54 Å². The fourth-order valence-corrected chi connectivity index (χ4v) is 3.82. The Morgan fingerprint density at radius 1 is 1.24 bits per heavy atom. The summed E-state index contributed by atoms with van der Waals surface area (Å²) in [5.41, 5.74) is 1.76. The van der Waals surface area contributed by atoms with Gasteiger partial charge in [-0.3, -0.25) is 4.90 Å². The van der Waals surface area contributed by atoms with Crippen LogP contribution in [0.1, 0.15) is 12.1 Å². The van der Waals surface area contributed by atoms with Gasteiger partial charge < -0.3 is 5.32 Å². The number of hydrogen-bond acceptors (Lipinski definition) is 4. The quantitative estimate of drug-likeness (QED) is 0.778. The highest BCUT2D eigenvalue weighted by molar-refractivity contribution is 7.13. The van der Waals surface area contributed by atoms with Crippen molar-refractivity contribution in [3.8, 4) is 10.6 Å². The summed E-state index contributed by atoms with van der Waals surface area (Å²) in [6.07, 6.45) is -3.35. The van der Waals surface area contributed by atoms with Crippen molar-refractivity contribution in [2.24, 2.45) is 5.92 Å². The van der Waals surface area contributed by atoms with E-state index in [9.17, 15) is 17.6 Å². The van der Waals surface area contributed by atoms with Crippen molar-refractivity contribution < 1.29 is 17.6 Å². The summed E-state index contributed by atoms with van der Waals surface area (Å²) in [5.74, 6) is -0.0455. The lowest BCUT2D eigenvalue weighted by atomic mass is 10.1. The lowest BCUT2D eigenvalue weighted by Crippen LogP contribution is -2.33. The van der Waals surface area contributed by atoms with E-state index in [1.807, 2.05) is 5.38 Å². The molecule has 25 heavy (non-hydrogen) atoms. The van der Waals surface area contributed by atoms with Gasteiger partial charge in [0, 0.05) is 24.0 Å². The monoisotopic (exact) mass is 373 g/mol. The minimum Gasteiger partial charge on any atom is -0.311 e. The number of rotatable bonds is 6. The van der Waals surface area contributed by atoms with Crippen LogP contribution in [0.4, 0.5) is 17.6 Å². The van der Waals surface area contributed by atoms with Gasteiger partial charge in [-0.15, -0.1) is 11.3 Å². The molecule has 1 atom stereocenters. The van der Waals surface area contributed by atoms with Gasteiger partial charge in [-0.1, -0.05) is 0 Å². The van der Waals surface area contributed by atoms with Gasteiger partial charge in [0.05, 0.1) is 12.2 Å². The molecule has 1 aromatic heterocycles. The molecule has 0 amide bonds. The molecule has 0 radical (unpaired) electrons. The first-order chi connectivity index (χ1) is 11.9. The Kier molecular flexibility index (Phi) is 5.71. The fourth-order valence-electron chi connectivity index (χ4n) is 2.99. The summed E-state index contributed by atoms with van der Waals surface area (Å²) in [6, 6.07) is 6.20. The molecule has 3 nitrogen and oxygen atoms in total. The van der Waals surface area contributed by atoms with Crippen LogP contribution in [-0.4, -0.2) is 42.2 Å². The van der Waals surface area contributed by atoms with E-state index in [1.54, 1.807) is 12.1 Å². The van der Waals surface area contributed by atoms with Gasteiger partial charge in [0.1, 0.15) is 10.8 Å². The summed E-state index contributed by atoms with van der Waals surface area (Å²) in [5, 5.41) is 6.05. The Morgan fingerprint density at radius 3 is 2.72 bits per heavy atom. The second-order valence-electron chi connectivity index (χ2n) is 6.29. The van der Waals surface area contributed by atoms with Gasteiger partial charge >= 0.3 is 6.18 Å².